The molecule has 3 rings (SSSR count). The smallest absolute Gasteiger partial charge is 0.229 e. The van der Waals surface area contributed by atoms with Crippen molar-refractivity contribution in [3.05, 3.63) is 58.6 Å². The third kappa shape index (κ3) is 3.29. The summed E-state index contributed by atoms with van der Waals surface area (Å²) in [5.74, 6) is -0.597. The quantitative estimate of drug-likeness (QED) is 0.918. The molecule has 1 N–H and O–H groups in total. The van der Waals surface area contributed by atoms with E-state index in [4.69, 9.17) is 11.6 Å². The first-order chi connectivity index (χ1) is 11.5. The molecule has 0 saturated carbocycles. The van der Waals surface area contributed by atoms with Gasteiger partial charge in [0.2, 0.25) is 11.8 Å². The molecule has 2 aromatic rings. The average Bonchev–Trinajstić information content (AvgIpc) is 2.93. The molecule has 2 aromatic carbocycles. The van der Waals surface area contributed by atoms with Crippen LogP contribution in [0.25, 0.3) is 0 Å². The van der Waals surface area contributed by atoms with E-state index >= 15 is 0 Å². The predicted octanol–water partition coefficient (Wildman–Crippen LogP) is 3.95. The number of amides is 2. The van der Waals surface area contributed by atoms with Crippen LogP contribution in [0.2, 0.25) is 5.02 Å². The molecule has 1 aliphatic heterocycles. The van der Waals surface area contributed by atoms with E-state index in [0.717, 1.165) is 11.3 Å². The number of hydrogen-bond donors (Lipinski definition) is 1. The minimum absolute atomic E-state index is 0.0802. The molecular weight excluding hydrogens is 324 g/mol. The Morgan fingerprint density at radius 1 is 1.17 bits per heavy atom. The highest BCUT2D eigenvalue weighted by atomic mass is 35.5. The van der Waals surface area contributed by atoms with Gasteiger partial charge in [0, 0.05) is 18.7 Å². The molecule has 0 radical (unpaired) electrons. The number of carbonyl (C=O) groups is 2. The van der Waals surface area contributed by atoms with Gasteiger partial charge in [-0.25, -0.2) is 0 Å². The van der Waals surface area contributed by atoms with Gasteiger partial charge in [-0.2, -0.15) is 0 Å². The highest BCUT2D eigenvalue weighted by Crippen LogP contribution is 2.31. The monoisotopic (exact) mass is 342 g/mol. The Balaban J connectivity index is 1.72. The molecule has 1 fully saturated rings. The first-order valence-electron chi connectivity index (χ1n) is 7.88. The summed E-state index contributed by atoms with van der Waals surface area (Å²) < 4.78 is 0. The fourth-order valence-corrected chi connectivity index (χ4v) is 3.09. The van der Waals surface area contributed by atoms with Gasteiger partial charge in [0.1, 0.15) is 0 Å². The number of benzene rings is 2. The third-order valence-electron chi connectivity index (χ3n) is 4.41. The van der Waals surface area contributed by atoms with Crippen LogP contribution in [0, 0.1) is 19.8 Å². The number of nitrogens with zero attached hydrogens (tertiary/aromatic N) is 1. The Morgan fingerprint density at radius 3 is 2.62 bits per heavy atom. The van der Waals surface area contributed by atoms with Gasteiger partial charge in [0.25, 0.3) is 0 Å². The lowest BCUT2D eigenvalue weighted by atomic mass is 10.1. The number of rotatable bonds is 3. The summed E-state index contributed by atoms with van der Waals surface area (Å²) in [6.07, 6.45) is 0.196. The number of nitrogens with one attached hydrogen (secondary N) is 1. The summed E-state index contributed by atoms with van der Waals surface area (Å²) in [6.45, 7) is 4.38. The number of para-hydroxylation sites is 1. The van der Waals surface area contributed by atoms with Gasteiger partial charge < -0.3 is 10.2 Å². The zero-order valence-electron chi connectivity index (χ0n) is 13.7. The van der Waals surface area contributed by atoms with Crippen LogP contribution in [-0.4, -0.2) is 18.4 Å². The van der Waals surface area contributed by atoms with Gasteiger partial charge in [0.05, 0.1) is 16.6 Å². The molecule has 24 heavy (non-hydrogen) atoms. The third-order valence-corrected chi connectivity index (χ3v) is 4.73. The zero-order valence-corrected chi connectivity index (χ0v) is 14.4. The maximum atomic E-state index is 12.5. The van der Waals surface area contributed by atoms with E-state index in [1.807, 2.05) is 44.2 Å². The molecule has 1 heterocycles. The number of anilines is 2. The molecule has 0 aromatic heterocycles. The minimum atomic E-state index is -0.379. The molecule has 4 nitrogen and oxygen atoms in total. The van der Waals surface area contributed by atoms with Crippen LogP contribution in [0.4, 0.5) is 11.4 Å². The van der Waals surface area contributed by atoms with Crippen molar-refractivity contribution in [1.29, 1.82) is 0 Å². The molecule has 0 bridgehead atoms. The van der Waals surface area contributed by atoms with Gasteiger partial charge in [0.15, 0.2) is 0 Å². The van der Waals surface area contributed by atoms with Crippen molar-refractivity contribution in [3.8, 4) is 0 Å². The highest BCUT2D eigenvalue weighted by molar-refractivity contribution is 6.33. The molecule has 124 valence electrons. The Hall–Kier alpha value is -2.33. The van der Waals surface area contributed by atoms with Gasteiger partial charge >= 0.3 is 0 Å². The number of aryl methyl sites for hydroxylation is 2. The maximum absolute atomic E-state index is 12.5. The molecule has 0 aliphatic carbocycles. The molecule has 1 saturated heterocycles. The van der Waals surface area contributed by atoms with Crippen molar-refractivity contribution in [2.45, 2.75) is 20.3 Å². The first-order valence-corrected chi connectivity index (χ1v) is 8.26. The van der Waals surface area contributed by atoms with E-state index < -0.39 is 0 Å². The number of hydrogen-bond acceptors (Lipinski definition) is 2. The predicted molar refractivity (Wildman–Crippen MR) is 96.5 cm³/mol. The second-order valence-corrected chi connectivity index (χ2v) is 6.55. The van der Waals surface area contributed by atoms with E-state index in [1.54, 1.807) is 17.0 Å². The normalized spacial score (nSPS) is 17.2. The second kappa shape index (κ2) is 6.65. The fraction of sp³-hybridized carbons (Fsp3) is 0.263. The maximum Gasteiger partial charge on any atom is 0.229 e. The van der Waals surface area contributed by atoms with Crippen LogP contribution < -0.4 is 10.2 Å². The zero-order chi connectivity index (χ0) is 17.3. The number of halogens is 1. The van der Waals surface area contributed by atoms with Crippen LogP contribution in [-0.2, 0) is 9.59 Å². The van der Waals surface area contributed by atoms with E-state index in [2.05, 4.69) is 5.32 Å². The highest BCUT2D eigenvalue weighted by Gasteiger charge is 2.35. The van der Waals surface area contributed by atoms with Gasteiger partial charge in [-0.05, 0) is 49.2 Å². The van der Waals surface area contributed by atoms with E-state index in [9.17, 15) is 9.59 Å². The topological polar surface area (TPSA) is 49.4 Å². The summed E-state index contributed by atoms with van der Waals surface area (Å²) in [5, 5.41) is 3.42. The largest absolute Gasteiger partial charge is 0.326 e. The lowest BCUT2D eigenvalue weighted by Gasteiger charge is -2.18. The Labute approximate surface area is 146 Å². The Morgan fingerprint density at radius 2 is 1.92 bits per heavy atom. The fourth-order valence-electron chi connectivity index (χ4n) is 2.85. The van der Waals surface area contributed by atoms with Gasteiger partial charge in [-0.3, -0.25) is 9.59 Å². The van der Waals surface area contributed by atoms with Crippen molar-refractivity contribution < 1.29 is 9.59 Å². The molecule has 0 spiro atoms. The van der Waals surface area contributed by atoms with Crippen molar-refractivity contribution in [3.63, 3.8) is 0 Å². The summed E-state index contributed by atoms with van der Waals surface area (Å²) >= 11 is 6.16. The molecule has 1 atom stereocenters. The van der Waals surface area contributed by atoms with Gasteiger partial charge in [-0.1, -0.05) is 29.8 Å². The van der Waals surface area contributed by atoms with E-state index in [0.29, 0.717) is 17.3 Å². The lowest BCUT2D eigenvalue weighted by Crippen LogP contribution is -2.28. The first kappa shape index (κ1) is 16.5. The van der Waals surface area contributed by atoms with Crippen LogP contribution in [0.5, 0.6) is 0 Å². The molecule has 0 unspecified atom stereocenters. The standard InChI is InChI=1S/C19H19ClN2O2/c1-12-7-8-15(9-13(12)2)21-19(24)14-10-18(23)22(11-14)17-6-4-3-5-16(17)20/h3-9,14H,10-11H2,1-2H3,(H,21,24)/t14-/m1/s1. The minimum Gasteiger partial charge on any atom is -0.326 e. The van der Waals surface area contributed by atoms with Crippen LogP contribution in [0.3, 0.4) is 0 Å². The summed E-state index contributed by atoms with van der Waals surface area (Å²) in [6, 6.07) is 13.0. The SMILES string of the molecule is Cc1ccc(NC(=O)[C@@H]2CC(=O)N(c3ccccc3Cl)C2)cc1C. The van der Waals surface area contributed by atoms with E-state index in [1.165, 1.54) is 5.56 Å². The second-order valence-electron chi connectivity index (χ2n) is 6.15. The number of carbonyl (C=O) groups excluding carboxylic acids is 2. The summed E-state index contributed by atoms with van der Waals surface area (Å²) in [5.41, 5.74) is 3.71. The van der Waals surface area contributed by atoms with Gasteiger partial charge in [-0.15, -0.1) is 0 Å². The van der Waals surface area contributed by atoms with Crippen LogP contribution >= 0.6 is 11.6 Å². The summed E-state index contributed by atoms with van der Waals surface area (Å²) in [4.78, 5) is 26.4. The molecule has 1 aliphatic rings. The van der Waals surface area contributed by atoms with Crippen molar-refractivity contribution >= 4 is 34.8 Å². The van der Waals surface area contributed by atoms with Crippen LogP contribution in [0.1, 0.15) is 17.5 Å². The Kier molecular flexibility index (Phi) is 4.58. The lowest BCUT2D eigenvalue weighted by molar-refractivity contribution is -0.122. The van der Waals surface area contributed by atoms with E-state index in [-0.39, 0.29) is 24.2 Å². The van der Waals surface area contributed by atoms with Crippen molar-refractivity contribution in [2.24, 2.45) is 5.92 Å². The molecule has 5 heteroatoms. The summed E-state index contributed by atoms with van der Waals surface area (Å²) in [7, 11) is 0. The molecule has 2 amide bonds. The van der Waals surface area contributed by atoms with Crippen molar-refractivity contribution in [2.75, 3.05) is 16.8 Å². The van der Waals surface area contributed by atoms with Crippen LogP contribution in [0.15, 0.2) is 42.5 Å². The van der Waals surface area contributed by atoms with Crippen molar-refractivity contribution in [1.82, 2.24) is 0 Å². The molecular formula is C19H19ClN2O2. The average molecular weight is 343 g/mol. The Bertz CT molecular complexity index is 804.